The van der Waals surface area contributed by atoms with E-state index in [2.05, 4.69) is 15.4 Å². The van der Waals surface area contributed by atoms with Crippen LogP contribution in [0.1, 0.15) is 37.4 Å². The molecule has 7 heteroatoms. The number of primary amides is 1. The summed E-state index contributed by atoms with van der Waals surface area (Å²) in [6.45, 7) is 5.92. The van der Waals surface area contributed by atoms with Crippen molar-refractivity contribution in [1.29, 1.82) is 0 Å². The maximum Gasteiger partial charge on any atom is 0.248 e. The lowest BCUT2D eigenvalue weighted by atomic mass is 9.98. The number of aromatic nitrogens is 4. The number of benzene rings is 2. The molecular formula is C19H19N5O2. The number of hydrogen-bond donors (Lipinski definition) is 1. The molecule has 7 nitrogen and oxygen atoms in total. The highest BCUT2D eigenvalue weighted by atomic mass is 16.1. The summed E-state index contributed by atoms with van der Waals surface area (Å²) in [5.41, 5.74) is 10.1. The second-order valence-corrected chi connectivity index (χ2v) is 6.26. The highest BCUT2D eigenvalue weighted by Gasteiger charge is 2.14. The summed E-state index contributed by atoms with van der Waals surface area (Å²) < 4.78 is 0. The van der Waals surface area contributed by atoms with Crippen LogP contribution in [0.4, 0.5) is 0 Å². The Morgan fingerprint density at radius 3 is 2.31 bits per heavy atom. The summed E-state index contributed by atoms with van der Waals surface area (Å²) >= 11 is 0. The quantitative estimate of drug-likeness (QED) is 0.712. The van der Waals surface area contributed by atoms with E-state index in [4.69, 9.17) is 5.73 Å². The van der Waals surface area contributed by atoms with Crippen LogP contribution in [0.15, 0.2) is 36.4 Å². The summed E-state index contributed by atoms with van der Waals surface area (Å²) in [5, 5.41) is 12.2. The number of carbonyl (C=O) groups excluding carboxylic acids is 2. The number of nitrogens with two attached hydrogens (primary N) is 1. The van der Waals surface area contributed by atoms with Gasteiger partial charge in [-0.1, -0.05) is 18.2 Å². The fraction of sp³-hybridized carbons (Fsp3) is 0.211. The largest absolute Gasteiger partial charge is 0.366 e. The van der Waals surface area contributed by atoms with Gasteiger partial charge >= 0.3 is 0 Å². The number of tetrazole rings is 1. The minimum Gasteiger partial charge on any atom is -0.366 e. The molecule has 0 fully saturated rings. The Hall–Kier alpha value is -3.35. The van der Waals surface area contributed by atoms with Crippen LogP contribution in [0.3, 0.4) is 0 Å². The maximum atomic E-state index is 12.6. The Morgan fingerprint density at radius 1 is 1.00 bits per heavy atom. The molecule has 2 N–H and O–H groups in total. The van der Waals surface area contributed by atoms with Gasteiger partial charge in [-0.05, 0) is 60.9 Å². The molecule has 0 spiro atoms. The van der Waals surface area contributed by atoms with Crippen molar-refractivity contribution in [3.63, 3.8) is 0 Å². The molecule has 132 valence electrons. The van der Waals surface area contributed by atoms with Crippen LogP contribution in [-0.2, 0) is 6.54 Å². The number of amides is 1. The van der Waals surface area contributed by atoms with E-state index in [1.54, 1.807) is 24.3 Å². The molecule has 0 saturated carbocycles. The molecule has 0 aliphatic rings. The van der Waals surface area contributed by atoms with Gasteiger partial charge < -0.3 is 5.73 Å². The third-order valence-electron chi connectivity index (χ3n) is 4.31. The first-order valence-corrected chi connectivity index (χ1v) is 8.14. The van der Waals surface area contributed by atoms with E-state index in [9.17, 15) is 9.59 Å². The first-order valence-electron chi connectivity index (χ1n) is 8.14. The van der Waals surface area contributed by atoms with Crippen LogP contribution in [0, 0.1) is 20.8 Å². The third kappa shape index (κ3) is 3.51. The van der Waals surface area contributed by atoms with Gasteiger partial charge in [-0.15, -0.1) is 10.2 Å². The van der Waals surface area contributed by atoms with Crippen LogP contribution < -0.4 is 5.73 Å². The number of nitrogens with zero attached hydrogens (tertiary/aromatic N) is 4. The van der Waals surface area contributed by atoms with Gasteiger partial charge in [0.2, 0.25) is 11.7 Å². The van der Waals surface area contributed by atoms with Crippen LogP contribution >= 0.6 is 0 Å². The van der Waals surface area contributed by atoms with Gasteiger partial charge in [-0.2, -0.15) is 4.80 Å². The topological polar surface area (TPSA) is 104 Å². The molecular weight excluding hydrogens is 330 g/mol. The summed E-state index contributed by atoms with van der Waals surface area (Å²) in [5.74, 6) is -0.188. The minimum absolute atomic E-state index is 0.00963. The van der Waals surface area contributed by atoms with E-state index >= 15 is 0 Å². The molecule has 0 unspecified atom stereocenters. The molecule has 0 saturated heterocycles. The standard InChI is InChI=1S/C19H19N5O2/c1-11-8-13(3)16(9-12(11)2)17(25)10-24-22-19(21-23-24)15-6-4-14(5-7-15)18(20)26/h4-9H,10H2,1-3H3,(H2,20,26). The summed E-state index contributed by atoms with van der Waals surface area (Å²) in [7, 11) is 0. The van der Waals surface area contributed by atoms with Crippen molar-refractivity contribution < 1.29 is 9.59 Å². The average molecular weight is 349 g/mol. The normalized spacial score (nSPS) is 10.7. The average Bonchev–Trinajstić information content (AvgIpc) is 3.06. The molecule has 3 aromatic rings. The Morgan fingerprint density at radius 2 is 1.65 bits per heavy atom. The SMILES string of the molecule is Cc1cc(C)c(C(=O)Cn2nnc(-c3ccc(C(N)=O)cc3)n2)cc1C. The van der Waals surface area contributed by atoms with Gasteiger partial charge in [0.25, 0.3) is 0 Å². The van der Waals surface area contributed by atoms with Crippen LogP contribution in [0.25, 0.3) is 11.4 Å². The fourth-order valence-corrected chi connectivity index (χ4v) is 2.68. The second-order valence-electron chi connectivity index (χ2n) is 6.26. The van der Waals surface area contributed by atoms with Gasteiger partial charge in [0.05, 0.1) is 0 Å². The van der Waals surface area contributed by atoms with E-state index < -0.39 is 5.91 Å². The number of Topliss-reactive ketones (excluding diaryl/α,β-unsaturated/α-hetero) is 1. The van der Waals surface area contributed by atoms with E-state index in [0.717, 1.165) is 16.7 Å². The van der Waals surface area contributed by atoms with Gasteiger partial charge in [-0.25, -0.2) is 0 Å². The monoisotopic (exact) mass is 349 g/mol. The molecule has 1 heterocycles. The number of hydrogen-bond acceptors (Lipinski definition) is 5. The van der Waals surface area contributed by atoms with Crippen molar-refractivity contribution in [2.45, 2.75) is 27.3 Å². The molecule has 0 radical (unpaired) electrons. The number of carbonyl (C=O) groups is 2. The van der Waals surface area contributed by atoms with Crippen molar-refractivity contribution in [2.75, 3.05) is 0 Å². The number of rotatable bonds is 5. The molecule has 0 aliphatic carbocycles. The lowest BCUT2D eigenvalue weighted by Crippen LogP contribution is -2.14. The van der Waals surface area contributed by atoms with Gasteiger partial charge in [0.15, 0.2) is 5.78 Å². The zero-order valence-electron chi connectivity index (χ0n) is 14.9. The predicted molar refractivity (Wildman–Crippen MR) is 96.8 cm³/mol. The second kappa shape index (κ2) is 6.87. The number of aryl methyl sites for hydroxylation is 3. The van der Waals surface area contributed by atoms with E-state index in [1.165, 1.54) is 4.80 Å². The van der Waals surface area contributed by atoms with Crippen molar-refractivity contribution in [1.82, 2.24) is 20.2 Å². The van der Waals surface area contributed by atoms with E-state index in [-0.39, 0.29) is 12.3 Å². The summed E-state index contributed by atoms with van der Waals surface area (Å²) in [6.07, 6.45) is 0. The minimum atomic E-state index is -0.498. The number of ketones is 1. The fourth-order valence-electron chi connectivity index (χ4n) is 2.68. The van der Waals surface area contributed by atoms with Gasteiger partial charge in [-0.3, -0.25) is 9.59 Å². The van der Waals surface area contributed by atoms with Crippen molar-refractivity contribution in [3.8, 4) is 11.4 Å². The molecule has 2 aromatic carbocycles. The highest BCUT2D eigenvalue weighted by Crippen LogP contribution is 2.17. The molecule has 26 heavy (non-hydrogen) atoms. The molecule has 0 aliphatic heterocycles. The Balaban J connectivity index is 1.79. The van der Waals surface area contributed by atoms with Gasteiger partial charge in [0, 0.05) is 16.7 Å². The Kier molecular flexibility index (Phi) is 4.62. The van der Waals surface area contributed by atoms with Crippen molar-refractivity contribution >= 4 is 11.7 Å². The van der Waals surface area contributed by atoms with Crippen molar-refractivity contribution in [2.24, 2.45) is 5.73 Å². The van der Waals surface area contributed by atoms with Crippen molar-refractivity contribution in [3.05, 3.63) is 64.2 Å². The van der Waals surface area contributed by atoms with Gasteiger partial charge in [0.1, 0.15) is 6.54 Å². The van der Waals surface area contributed by atoms with Crippen LogP contribution in [-0.4, -0.2) is 31.9 Å². The molecule has 1 amide bonds. The van der Waals surface area contributed by atoms with E-state index in [1.807, 2.05) is 32.9 Å². The predicted octanol–water partition coefficient (Wildman–Crippen LogP) is 2.25. The highest BCUT2D eigenvalue weighted by molar-refractivity contribution is 5.97. The maximum absolute atomic E-state index is 12.6. The zero-order chi connectivity index (χ0) is 18.8. The summed E-state index contributed by atoms with van der Waals surface area (Å²) in [4.78, 5) is 25.0. The zero-order valence-corrected chi connectivity index (χ0v) is 14.9. The Labute approximate surface area is 150 Å². The first kappa shape index (κ1) is 17.5. The molecule has 0 bridgehead atoms. The Bertz CT molecular complexity index is 990. The van der Waals surface area contributed by atoms with Crippen LogP contribution in [0.2, 0.25) is 0 Å². The first-order chi connectivity index (χ1) is 12.3. The van der Waals surface area contributed by atoms with E-state index in [0.29, 0.717) is 22.5 Å². The molecule has 0 atom stereocenters. The molecule has 1 aromatic heterocycles. The lowest BCUT2D eigenvalue weighted by Gasteiger charge is -2.08. The molecule has 3 rings (SSSR count). The summed E-state index contributed by atoms with van der Waals surface area (Å²) in [6, 6.07) is 10.5. The van der Waals surface area contributed by atoms with Crippen LogP contribution in [0.5, 0.6) is 0 Å². The third-order valence-corrected chi connectivity index (χ3v) is 4.31. The smallest absolute Gasteiger partial charge is 0.248 e. The lowest BCUT2D eigenvalue weighted by molar-refractivity contribution is 0.0959.